The minimum atomic E-state index is -0.203. The molecule has 19 heavy (non-hydrogen) atoms. The van der Waals surface area contributed by atoms with Crippen molar-refractivity contribution in [3.05, 3.63) is 64.5 Å². The fourth-order valence-corrected chi connectivity index (χ4v) is 1.88. The number of fused-ring (bicyclic) bond motifs is 1. The fraction of sp³-hybridized carbons (Fsp3) is 0.0769. The molecule has 0 aromatic carbocycles. The first-order chi connectivity index (χ1) is 9.28. The molecule has 0 saturated heterocycles. The molecular formula is C13H9N5O. The third-order valence-electron chi connectivity index (χ3n) is 2.76. The van der Waals surface area contributed by atoms with Gasteiger partial charge in [-0.3, -0.25) is 4.40 Å². The Kier molecular flexibility index (Phi) is 2.58. The van der Waals surface area contributed by atoms with Crippen LogP contribution in [0.1, 0.15) is 11.3 Å². The van der Waals surface area contributed by atoms with Crippen LogP contribution in [0.2, 0.25) is 0 Å². The summed E-state index contributed by atoms with van der Waals surface area (Å²) in [5.74, 6) is 0. The summed E-state index contributed by atoms with van der Waals surface area (Å²) in [5, 5.41) is 13.0. The van der Waals surface area contributed by atoms with Crippen LogP contribution in [0.25, 0.3) is 5.65 Å². The van der Waals surface area contributed by atoms with Crippen LogP contribution in [0.15, 0.2) is 47.5 Å². The maximum Gasteiger partial charge on any atom is 0.350 e. The largest absolute Gasteiger partial charge is 0.350 e. The van der Waals surface area contributed by atoms with E-state index in [9.17, 15) is 4.79 Å². The Balaban J connectivity index is 2.04. The number of rotatable bonds is 2. The van der Waals surface area contributed by atoms with E-state index in [-0.39, 0.29) is 5.69 Å². The molecule has 0 amide bonds. The van der Waals surface area contributed by atoms with Crippen molar-refractivity contribution < 1.29 is 0 Å². The molecule has 0 unspecified atom stereocenters. The van der Waals surface area contributed by atoms with Crippen molar-refractivity contribution in [2.24, 2.45) is 0 Å². The van der Waals surface area contributed by atoms with Gasteiger partial charge in [0.2, 0.25) is 0 Å². The number of nitrogens with zero attached hydrogens (tertiary/aromatic N) is 5. The zero-order valence-electron chi connectivity index (χ0n) is 9.89. The normalized spacial score (nSPS) is 10.5. The summed E-state index contributed by atoms with van der Waals surface area (Å²) in [7, 11) is 0. The molecular weight excluding hydrogens is 242 g/mol. The summed E-state index contributed by atoms with van der Waals surface area (Å²) < 4.78 is 2.85. The molecule has 6 heteroatoms. The molecule has 0 aliphatic rings. The number of aromatic nitrogens is 4. The Hall–Kier alpha value is -2.94. The second-order valence-corrected chi connectivity index (χ2v) is 4.03. The van der Waals surface area contributed by atoms with Gasteiger partial charge < -0.3 is 0 Å². The Morgan fingerprint density at radius 2 is 2.21 bits per heavy atom. The molecule has 6 nitrogen and oxygen atoms in total. The molecule has 0 spiro atoms. The fourth-order valence-electron chi connectivity index (χ4n) is 1.88. The predicted molar refractivity (Wildman–Crippen MR) is 67.5 cm³/mol. The van der Waals surface area contributed by atoms with Gasteiger partial charge in [-0.2, -0.15) is 5.26 Å². The highest BCUT2D eigenvalue weighted by Crippen LogP contribution is 2.03. The number of hydrogen-bond acceptors (Lipinski definition) is 4. The van der Waals surface area contributed by atoms with Gasteiger partial charge >= 0.3 is 5.69 Å². The Morgan fingerprint density at radius 1 is 1.32 bits per heavy atom. The van der Waals surface area contributed by atoms with Gasteiger partial charge in [0, 0.05) is 12.4 Å². The predicted octanol–water partition coefficient (Wildman–Crippen LogP) is 0.811. The van der Waals surface area contributed by atoms with E-state index in [2.05, 4.69) is 10.1 Å². The summed E-state index contributed by atoms with van der Waals surface area (Å²) >= 11 is 0. The number of nitriles is 1. The van der Waals surface area contributed by atoms with E-state index in [1.165, 1.54) is 9.08 Å². The van der Waals surface area contributed by atoms with E-state index in [0.29, 0.717) is 17.9 Å². The van der Waals surface area contributed by atoms with Crippen LogP contribution in [0, 0.1) is 11.3 Å². The van der Waals surface area contributed by atoms with E-state index in [0.717, 1.165) is 5.56 Å². The Labute approximate surface area is 108 Å². The average molecular weight is 251 g/mol. The topological polar surface area (TPSA) is 76.0 Å². The maximum atomic E-state index is 12.1. The molecule has 0 aliphatic carbocycles. The Morgan fingerprint density at radius 3 is 3.00 bits per heavy atom. The van der Waals surface area contributed by atoms with Crippen molar-refractivity contribution in [2.45, 2.75) is 6.54 Å². The van der Waals surface area contributed by atoms with Gasteiger partial charge in [0.05, 0.1) is 6.54 Å². The highest BCUT2D eigenvalue weighted by Gasteiger charge is 2.06. The number of pyridine rings is 2. The third-order valence-corrected chi connectivity index (χ3v) is 2.76. The molecule has 3 aromatic heterocycles. The lowest BCUT2D eigenvalue weighted by Gasteiger charge is -1.99. The van der Waals surface area contributed by atoms with E-state index in [1.54, 1.807) is 36.7 Å². The first kappa shape index (κ1) is 11.2. The van der Waals surface area contributed by atoms with Crippen molar-refractivity contribution in [3.63, 3.8) is 0 Å². The van der Waals surface area contributed by atoms with Gasteiger partial charge in [-0.15, -0.1) is 5.10 Å². The maximum absolute atomic E-state index is 12.1. The second kappa shape index (κ2) is 4.38. The molecule has 92 valence electrons. The second-order valence-electron chi connectivity index (χ2n) is 4.03. The van der Waals surface area contributed by atoms with E-state index >= 15 is 0 Å². The standard InChI is InChI=1S/C13H9N5O/c14-8-11-7-10(4-5-15-11)9-18-13(19)17-6-2-1-3-12(17)16-18/h1-7H,9H2. The first-order valence-corrected chi connectivity index (χ1v) is 5.67. The van der Waals surface area contributed by atoms with Crippen LogP contribution >= 0.6 is 0 Å². The quantitative estimate of drug-likeness (QED) is 0.675. The van der Waals surface area contributed by atoms with Gasteiger partial charge in [0.1, 0.15) is 11.8 Å². The molecule has 3 rings (SSSR count). The molecule has 0 atom stereocenters. The minimum absolute atomic E-state index is 0.203. The van der Waals surface area contributed by atoms with Crippen molar-refractivity contribution in [3.8, 4) is 6.07 Å². The van der Waals surface area contributed by atoms with Gasteiger partial charge in [-0.05, 0) is 29.8 Å². The van der Waals surface area contributed by atoms with Crippen LogP contribution in [0.3, 0.4) is 0 Å². The molecule has 0 saturated carbocycles. The summed E-state index contributed by atoms with van der Waals surface area (Å²) in [5.41, 5.74) is 1.54. The van der Waals surface area contributed by atoms with Crippen molar-refractivity contribution in [1.82, 2.24) is 19.2 Å². The summed E-state index contributed by atoms with van der Waals surface area (Å²) in [6.45, 7) is 0.317. The zero-order chi connectivity index (χ0) is 13.2. The van der Waals surface area contributed by atoms with E-state index in [4.69, 9.17) is 5.26 Å². The number of hydrogen-bond donors (Lipinski definition) is 0. The summed E-state index contributed by atoms with van der Waals surface area (Å²) in [6.07, 6.45) is 3.23. The van der Waals surface area contributed by atoms with Crippen LogP contribution in [0.4, 0.5) is 0 Å². The zero-order valence-corrected chi connectivity index (χ0v) is 9.89. The van der Waals surface area contributed by atoms with Gasteiger partial charge in [-0.1, -0.05) is 6.07 Å². The molecule has 0 aliphatic heterocycles. The van der Waals surface area contributed by atoms with Gasteiger partial charge in [-0.25, -0.2) is 14.5 Å². The lowest BCUT2D eigenvalue weighted by atomic mass is 10.2. The van der Waals surface area contributed by atoms with Crippen LogP contribution in [-0.4, -0.2) is 19.2 Å². The molecule has 3 aromatic rings. The van der Waals surface area contributed by atoms with Crippen molar-refractivity contribution in [1.29, 1.82) is 5.26 Å². The Bertz CT molecular complexity index is 840. The first-order valence-electron chi connectivity index (χ1n) is 5.67. The monoisotopic (exact) mass is 251 g/mol. The van der Waals surface area contributed by atoms with Crippen LogP contribution < -0.4 is 5.69 Å². The van der Waals surface area contributed by atoms with Crippen molar-refractivity contribution in [2.75, 3.05) is 0 Å². The molecule has 0 fully saturated rings. The van der Waals surface area contributed by atoms with E-state index in [1.807, 2.05) is 12.1 Å². The third kappa shape index (κ3) is 1.98. The minimum Gasteiger partial charge on any atom is -0.250 e. The van der Waals surface area contributed by atoms with Gasteiger partial charge in [0.25, 0.3) is 0 Å². The molecule has 0 N–H and O–H groups in total. The smallest absolute Gasteiger partial charge is 0.250 e. The van der Waals surface area contributed by atoms with Crippen LogP contribution in [0.5, 0.6) is 0 Å². The molecule has 0 bridgehead atoms. The highest BCUT2D eigenvalue weighted by molar-refractivity contribution is 5.35. The molecule has 3 heterocycles. The summed E-state index contributed by atoms with van der Waals surface area (Å²) in [6, 6.07) is 10.8. The lowest BCUT2D eigenvalue weighted by molar-refractivity contribution is 0.658. The summed E-state index contributed by atoms with van der Waals surface area (Å²) in [4.78, 5) is 16.0. The molecule has 0 radical (unpaired) electrons. The van der Waals surface area contributed by atoms with Crippen molar-refractivity contribution >= 4 is 5.65 Å². The van der Waals surface area contributed by atoms with E-state index < -0.39 is 0 Å². The van der Waals surface area contributed by atoms with Gasteiger partial charge in [0.15, 0.2) is 5.65 Å². The average Bonchev–Trinajstić information content (AvgIpc) is 2.76. The SMILES string of the molecule is N#Cc1cc(Cn2nc3ccccn3c2=O)ccn1. The van der Waals surface area contributed by atoms with Crippen LogP contribution in [-0.2, 0) is 6.54 Å². The lowest BCUT2D eigenvalue weighted by Crippen LogP contribution is -2.21. The highest BCUT2D eigenvalue weighted by atomic mass is 16.2.